The van der Waals surface area contributed by atoms with Gasteiger partial charge in [0.05, 0.1) is 0 Å². The maximum Gasteiger partial charge on any atom is 0.407 e. The molecule has 0 fully saturated rings. The highest BCUT2D eigenvalue weighted by molar-refractivity contribution is 6.67. The number of Topliss-reactive ketones (excluding diaryl/α,β-unsaturated/α-hetero) is 1. The topological polar surface area (TPSA) is 119 Å². The molecule has 0 saturated heterocycles. The molecule has 7 nitrogen and oxygen atoms in total. The van der Waals surface area contributed by atoms with Crippen molar-refractivity contribution in [3.8, 4) is 0 Å². The van der Waals surface area contributed by atoms with E-state index in [-0.39, 0.29) is 18.6 Å². The molecule has 10 heteroatoms. The molecule has 0 aromatic heterocycles. The van der Waals surface area contributed by atoms with Crippen molar-refractivity contribution in [2.45, 2.75) is 22.7 Å². The number of alkyl carbamates (subject to hydrolysis) is 1. The number of amides is 1. The average Bonchev–Trinajstić information content (AvgIpc) is 2.48. The predicted molar refractivity (Wildman–Crippen MR) is 90.6 cm³/mol. The van der Waals surface area contributed by atoms with Gasteiger partial charge in [0.25, 0.3) is 0 Å². The van der Waals surface area contributed by atoms with Crippen LogP contribution in [0.5, 0.6) is 0 Å². The van der Waals surface area contributed by atoms with Gasteiger partial charge in [-0.05, 0) is 18.6 Å². The molecule has 1 aromatic carbocycles. The number of carbonyl (C=O) groups is 3. The lowest BCUT2D eigenvalue weighted by Crippen LogP contribution is -2.42. The number of carboxylic acid groups (broad SMARTS) is 1. The van der Waals surface area contributed by atoms with E-state index in [2.05, 4.69) is 10.1 Å². The van der Waals surface area contributed by atoms with Crippen LogP contribution in [0.2, 0.25) is 0 Å². The van der Waals surface area contributed by atoms with Gasteiger partial charge in [-0.15, -0.1) is 0 Å². The molecule has 1 atom stereocenters. The lowest BCUT2D eigenvalue weighted by atomic mass is 10.0. The molecule has 0 aliphatic carbocycles. The Balaban J connectivity index is 2.58. The average molecular weight is 398 g/mol. The van der Waals surface area contributed by atoms with Gasteiger partial charge < -0.3 is 20.9 Å². The Hall–Kier alpha value is -1.70. The number of alkyl halides is 3. The number of benzene rings is 1. The first kappa shape index (κ1) is 20.3. The van der Waals surface area contributed by atoms with Crippen molar-refractivity contribution in [2.24, 2.45) is 0 Å². The molecule has 0 aliphatic rings. The van der Waals surface area contributed by atoms with Crippen LogP contribution >= 0.6 is 34.8 Å². The summed E-state index contributed by atoms with van der Waals surface area (Å²) in [6.45, 7) is -0.546. The van der Waals surface area contributed by atoms with E-state index in [1.807, 2.05) is 0 Å². The second kappa shape index (κ2) is 8.96. The first-order chi connectivity index (χ1) is 11.1. The maximum absolute atomic E-state index is 12.1. The number of anilines is 1. The second-order valence-electron chi connectivity index (χ2n) is 4.78. The molecule has 0 aliphatic heterocycles. The minimum Gasteiger partial charge on any atom is -0.480 e. The van der Waals surface area contributed by atoms with Gasteiger partial charge in [0.1, 0.15) is 12.6 Å². The SMILES string of the molecule is Nc1ccccc1C(=O)CCC(NC(=O)OCC(Cl)(Cl)Cl)C(=O)O. The van der Waals surface area contributed by atoms with Crippen molar-refractivity contribution in [2.75, 3.05) is 12.3 Å². The van der Waals surface area contributed by atoms with Crippen molar-refractivity contribution in [1.29, 1.82) is 0 Å². The molecule has 1 unspecified atom stereocenters. The van der Waals surface area contributed by atoms with Crippen LogP contribution in [0.25, 0.3) is 0 Å². The maximum atomic E-state index is 12.1. The Labute approximate surface area is 153 Å². The molecule has 0 radical (unpaired) electrons. The number of ether oxygens (including phenoxy) is 1. The highest BCUT2D eigenvalue weighted by Gasteiger charge is 2.26. The van der Waals surface area contributed by atoms with Gasteiger partial charge in [0.15, 0.2) is 5.78 Å². The summed E-state index contributed by atoms with van der Waals surface area (Å²) >= 11 is 16.2. The highest BCUT2D eigenvalue weighted by Crippen LogP contribution is 2.25. The molecule has 1 rings (SSSR count). The lowest BCUT2D eigenvalue weighted by molar-refractivity contribution is -0.139. The Kier molecular flexibility index (Phi) is 7.59. The summed E-state index contributed by atoms with van der Waals surface area (Å²) in [5.74, 6) is -1.66. The van der Waals surface area contributed by atoms with E-state index >= 15 is 0 Å². The van der Waals surface area contributed by atoms with E-state index in [4.69, 9.17) is 45.6 Å². The predicted octanol–water partition coefficient (Wildman–Crippen LogP) is 2.78. The number of nitrogens with two attached hydrogens (primary N) is 1. The molecule has 0 saturated carbocycles. The highest BCUT2D eigenvalue weighted by atomic mass is 35.6. The first-order valence-electron chi connectivity index (χ1n) is 6.70. The number of nitrogen functional groups attached to an aromatic ring is 1. The van der Waals surface area contributed by atoms with E-state index in [1.54, 1.807) is 18.2 Å². The number of para-hydroxylation sites is 1. The van der Waals surface area contributed by atoms with Crippen LogP contribution in [0.3, 0.4) is 0 Å². The summed E-state index contributed by atoms with van der Waals surface area (Å²) in [7, 11) is 0. The minimum absolute atomic E-state index is 0.129. The summed E-state index contributed by atoms with van der Waals surface area (Å²) in [5.41, 5.74) is 6.27. The number of ketones is 1. The van der Waals surface area contributed by atoms with Crippen LogP contribution in [-0.4, -0.2) is 39.4 Å². The van der Waals surface area contributed by atoms with E-state index in [0.29, 0.717) is 11.3 Å². The number of carbonyl (C=O) groups excluding carboxylic acids is 2. The lowest BCUT2D eigenvalue weighted by Gasteiger charge is -2.16. The summed E-state index contributed by atoms with van der Waals surface area (Å²) < 4.78 is 2.77. The fraction of sp³-hybridized carbons (Fsp3) is 0.357. The Bertz CT molecular complexity index is 619. The van der Waals surface area contributed by atoms with E-state index in [9.17, 15) is 14.4 Å². The van der Waals surface area contributed by atoms with Gasteiger partial charge in [-0.25, -0.2) is 9.59 Å². The Morgan fingerprint density at radius 2 is 1.88 bits per heavy atom. The van der Waals surface area contributed by atoms with Crippen LogP contribution in [0.1, 0.15) is 23.2 Å². The zero-order valence-electron chi connectivity index (χ0n) is 12.3. The van der Waals surface area contributed by atoms with Crippen LogP contribution in [0.4, 0.5) is 10.5 Å². The third-order valence-electron chi connectivity index (χ3n) is 2.88. The monoisotopic (exact) mass is 396 g/mol. The van der Waals surface area contributed by atoms with Gasteiger partial charge in [-0.3, -0.25) is 4.79 Å². The molecule has 4 N–H and O–H groups in total. The van der Waals surface area contributed by atoms with E-state index in [0.717, 1.165) is 0 Å². The van der Waals surface area contributed by atoms with Gasteiger partial charge in [0.2, 0.25) is 3.79 Å². The smallest absolute Gasteiger partial charge is 0.407 e. The van der Waals surface area contributed by atoms with Crippen molar-refractivity contribution in [3.05, 3.63) is 29.8 Å². The summed E-state index contributed by atoms with van der Waals surface area (Å²) in [6.07, 6.45) is -1.35. The summed E-state index contributed by atoms with van der Waals surface area (Å²) in [5, 5.41) is 11.2. The number of halogens is 3. The van der Waals surface area contributed by atoms with Crippen molar-refractivity contribution < 1.29 is 24.2 Å². The fourth-order valence-corrected chi connectivity index (χ4v) is 1.91. The minimum atomic E-state index is -1.81. The molecule has 132 valence electrons. The third-order valence-corrected chi connectivity index (χ3v) is 3.21. The number of nitrogens with one attached hydrogen (secondary N) is 1. The van der Waals surface area contributed by atoms with Crippen LogP contribution in [0, 0.1) is 0 Å². The number of hydrogen-bond acceptors (Lipinski definition) is 5. The third kappa shape index (κ3) is 7.25. The number of aliphatic carboxylic acids is 1. The number of hydrogen-bond donors (Lipinski definition) is 3. The van der Waals surface area contributed by atoms with Crippen molar-refractivity contribution in [1.82, 2.24) is 5.32 Å². The van der Waals surface area contributed by atoms with Gasteiger partial charge in [-0.2, -0.15) is 0 Å². The molecule has 0 bridgehead atoms. The zero-order chi connectivity index (χ0) is 18.3. The molecule has 1 amide bonds. The fourth-order valence-electron chi connectivity index (χ4n) is 1.75. The van der Waals surface area contributed by atoms with Gasteiger partial charge in [-0.1, -0.05) is 46.9 Å². The molecular weight excluding hydrogens is 383 g/mol. The quantitative estimate of drug-likeness (QED) is 0.370. The van der Waals surface area contributed by atoms with Crippen LogP contribution in [0.15, 0.2) is 24.3 Å². The largest absolute Gasteiger partial charge is 0.480 e. The second-order valence-corrected chi connectivity index (χ2v) is 7.29. The molecule has 24 heavy (non-hydrogen) atoms. The van der Waals surface area contributed by atoms with Crippen molar-refractivity contribution >= 4 is 58.3 Å². The number of carboxylic acids is 1. The molecular formula is C14H15Cl3N2O5. The normalized spacial score (nSPS) is 12.3. The molecule has 0 spiro atoms. The van der Waals surface area contributed by atoms with Crippen LogP contribution < -0.4 is 11.1 Å². The number of rotatable bonds is 7. The van der Waals surface area contributed by atoms with E-state index < -0.39 is 28.5 Å². The summed E-state index contributed by atoms with van der Waals surface area (Å²) in [4.78, 5) is 34.7. The Morgan fingerprint density at radius 1 is 1.25 bits per heavy atom. The zero-order valence-corrected chi connectivity index (χ0v) is 14.6. The standard InChI is InChI=1S/C14H15Cl3N2O5/c15-14(16,17)7-24-13(23)19-10(12(21)22)5-6-11(20)8-3-1-2-4-9(8)18/h1-4,10H,5-7,18H2,(H,19,23)(H,21,22). The van der Waals surface area contributed by atoms with Crippen molar-refractivity contribution in [3.63, 3.8) is 0 Å². The molecule has 0 heterocycles. The summed E-state index contributed by atoms with van der Waals surface area (Å²) in [6, 6.07) is 5.09. The molecule has 1 aromatic rings. The first-order valence-corrected chi connectivity index (χ1v) is 7.84. The van der Waals surface area contributed by atoms with E-state index in [1.165, 1.54) is 6.07 Å². The van der Waals surface area contributed by atoms with Crippen LogP contribution in [-0.2, 0) is 9.53 Å². The Morgan fingerprint density at radius 3 is 2.42 bits per heavy atom. The van der Waals surface area contributed by atoms with Gasteiger partial charge >= 0.3 is 12.1 Å². The van der Waals surface area contributed by atoms with Gasteiger partial charge in [0, 0.05) is 17.7 Å².